The highest BCUT2D eigenvalue weighted by Gasteiger charge is 2.13. The quantitative estimate of drug-likeness (QED) is 0.379. The molecular weight excluding hydrogens is 406 g/mol. The topological polar surface area (TPSA) is 74.3 Å². The van der Waals surface area contributed by atoms with Crippen molar-refractivity contribution in [3.8, 4) is 17.2 Å². The normalized spacial score (nSPS) is 15.3. The van der Waals surface area contributed by atoms with Gasteiger partial charge >= 0.3 is 0 Å². The summed E-state index contributed by atoms with van der Waals surface area (Å²) >= 11 is 6.05. The molecule has 1 amide bonds. The van der Waals surface area contributed by atoms with Gasteiger partial charge in [0.2, 0.25) is 0 Å². The zero-order valence-corrected chi connectivity index (χ0v) is 17.6. The lowest BCUT2D eigenvalue weighted by atomic mass is 10.1. The standard InChI is InChI=1S/C22H26ClN3O4/c1-25-9-11-26(12-10-25)13-14-29-19-7-5-17(6-8-22(27)24-28)21(16-19)30-20-4-2-3-18(23)15-20/h2-8,15-16,28H,9-14H2,1H3,(H,24,27)/b8-6+. The highest BCUT2D eigenvalue weighted by Crippen LogP contribution is 2.31. The van der Waals surface area contributed by atoms with Gasteiger partial charge in [-0.2, -0.15) is 0 Å². The van der Waals surface area contributed by atoms with E-state index in [-0.39, 0.29) is 0 Å². The number of likely N-dealkylation sites (N-methyl/N-ethyl adjacent to an activating group) is 1. The van der Waals surface area contributed by atoms with Crippen molar-refractivity contribution in [3.05, 3.63) is 59.1 Å². The molecule has 0 spiro atoms. The summed E-state index contributed by atoms with van der Waals surface area (Å²) in [7, 11) is 2.13. The highest BCUT2D eigenvalue weighted by molar-refractivity contribution is 6.30. The van der Waals surface area contributed by atoms with Gasteiger partial charge in [0.05, 0.1) is 0 Å². The summed E-state index contributed by atoms with van der Waals surface area (Å²) < 4.78 is 11.9. The number of piperazine rings is 1. The molecule has 2 aromatic carbocycles. The Hall–Kier alpha value is -2.58. The second kappa shape index (κ2) is 11.0. The average Bonchev–Trinajstić information content (AvgIpc) is 2.74. The fourth-order valence-electron chi connectivity index (χ4n) is 3.05. The Bertz CT molecular complexity index is 882. The summed E-state index contributed by atoms with van der Waals surface area (Å²) in [6, 6.07) is 12.5. The van der Waals surface area contributed by atoms with Crippen LogP contribution >= 0.6 is 11.6 Å². The maximum Gasteiger partial charge on any atom is 0.267 e. The van der Waals surface area contributed by atoms with Crippen LogP contribution in [-0.2, 0) is 4.79 Å². The van der Waals surface area contributed by atoms with Crippen LogP contribution in [0.4, 0.5) is 0 Å². The minimum Gasteiger partial charge on any atom is -0.492 e. The number of carbonyl (C=O) groups excluding carboxylic acids is 1. The molecule has 0 saturated carbocycles. The summed E-state index contributed by atoms with van der Waals surface area (Å²) in [5.41, 5.74) is 2.23. The van der Waals surface area contributed by atoms with E-state index in [1.807, 2.05) is 6.07 Å². The molecule has 8 heteroatoms. The molecule has 30 heavy (non-hydrogen) atoms. The SMILES string of the molecule is CN1CCN(CCOc2ccc(/C=C/C(=O)NO)c(Oc3cccc(Cl)c3)c2)CC1. The van der Waals surface area contributed by atoms with E-state index in [0.29, 0.717) is 34.4 Å². The van der Waals surface area contributed by atoms with E-state index < -0.39 is 5.91 Å². The molecule has 0 aliphatic carbocycles. The number of nitrogens with zero attached hydrogens (tertiary/aromatic N) is 2. The number of nitrogens with one attached hydrogen (secondary N) is 1. The van der Waals surface area contributed by atoms with Gasteiger partial charge < -0.3 is 14.4 Å². The van der Waals surface area contributed by atoms with E-state index in [2.05, 4.69) is 16.8 Å². The fourth-order valence-corrected chi connectivity index (χ4v) is 3.24. The molecule has 3 rings (SSSR count). The van der Waals surface area contributed by atoms with Crippen LogP contribution in [0.3, 0.4) is 0 Å². The number of hydrogen-bond acceptors (Lipinski definition) is 6. The lowest BCUT2D eigenvalue weighted by Gasteiger charge is -2.32. The first-order chi connectivity index (χ1) is 14.5. The summed E-state index contributed by atoms with van der Waals surface area (Å²) in [6.07, 6.45) is 2.77. The van der Waals surface area contributed by atoms with Gasteiger partial charge in [-0.25, -0.2) is 5.48 Å². The summed E-state index contributed by atoms with van der Waals surface area (Å²) in [5.74, 6) is 1.12. The largest absolute Gasteiger partial charge is 0.492 e. The van der Waals surface area contributed by atoms with Crippen molar-refractivity contribution in [2.75, 3.05) is 46.4 Å². The van der Waals surface area contributed by atoms with Crippen molar-refractivity contribution in [2.45, 2.75) is 0 Å². The zero-order valence-electron chi connectivity index (χ0n) is 16.9. The van der Waals surface area contributed by atoms with Gasteiger partial charge in [0.1, 0.15) is 23.9 Å². The van der Waals surface area contributed by atoms with E-state index in [0.717, 1.165) is 32.7 Å². The Morgan fingerprint density at radius 2 is 1.97 bits per heavy atom. The number of rotatable bonds is 8. The van der Waals surface area contributed by atoms with Crippen molar-refractivity contribution >= 4 is 23.6 Å². The van der Waals surface area contributed by atoms with Crippen LogP contribution in [0.15, 0.2) is 48.5 Å². The second-order valence-electron chi connectivity index (χ2n) is 7.06. The molecule has 1 saturated heterocycles. The first-order valence-corrected chi connectivity index (χ1v) is 10.1. The molecule has 0 radical (unpaired) electrons. The first-order valence-electron chi connectivity index (χ1n) is 9.77. The predicted octanol–water partition coefficient (Wildman–Crippen LogP) is 3.28. The van der Waals surface area contributed by atoms with Gasteiger partial charge in [-0.15, -0.1) is 0 Å². The number of hydroxylamine groups is 1. The maximum atomic E-state index is 11.3. The smallest absolute Gasteiger partial charge is 0.267 e. The third-order valence-electron chi connectivity index (χ3n) is 4.81. The lowest BCUT2D eigenvalue weighted by Crippen LogP contribution is -2.45. The van der Waals surface area contributed by atoms with Crippen molar-refractivity contribution in [1.82, 2.24) is 15.3 Å². The van der Waals surface area contributed by atoms with E-state index in [9.17, 15) is 4.79 Å². The van der Waals surface area contributed by atoms with Crippen molar-refractivity contribution in [2.24, 2.45) is 0 Å². The van der Waals surface area contributed by atoms with Crippen LogP contribution in [0.25, 0.3) is 6.08 Å². The van der Waals surface area contributed by atoms with Gasteiger partial charge in [-0.3, -0.25) is 14.9 Å². The number of ether oxygens (including phenoxy) is 2. The number of amides is 1. The molecule has 0 aromatic heterocycles. The maximum absolute atomic E-state index is 11.3. The van der Waals surface area contributed by atoms with Crippen molar-refractivity contribution in [1.29, 1.82) is 0 Å². The van der Waals surface area contributed by atoms with Crippen LogP contribution in [0.2, 0.25) is 5.02 Å². The fraction of sp³-hybridized carbons (Fsp3) is 0.318. The third kappa shape index (κ3) is 6.74. The summed E-state index contributed by atoms with van der Waals surface area (Å²) in [5, 5.41) is 9.25. The van der Waals surface area contributed by atoms with Gasteiger partial charge in [-0.05, 0) is 43.5 Å². The van der Waals surface area contributed by atoms with Crippen LogP contribution in [0.5, 0.6) is 17.2 Å². The Balaban J connectivity index is 1.69. The second-order valence-corrected chi connectivity index (χ2v) is 7.50. The number of carbonyl (C=O) groups is 1. The highest BCUT2D eigenvalue weighted by atomic mass is 35.5. The molecule has 0 unspecified atom stereocenters. The van der Waals surface area contributed by atoms with Crippen molar-refractivity contribution < 1.29 is 19.5 Å². The number of hydrogen-bond donors (Lipinski definition) is 2. The molecule has 7 nitrogen and oxygen atoms in total. The third-order valence-corrected chi connectivity index (χ3v) is 5.04. The average molecular weight is 432 g/mol. The van der Waals surface area contributed by atoms with E-state index in [4.69, 9.17) is 26.3 Å². The Labute approximate surface area is 181 Å². The Morgan fingerprint density at radius 1 is 1.17 bits per heavy atom. The molecule has 1 aliphatic rings. The minimum atomic E-state index is -0.629. The van der Waals surface area contributed by atoms with Gasteiger partial charge in [0.15, 0.2) is 0 Å². The van der Waals surface area contributed by atoms with Gasteiger partial charge in [0.25, 0.3) is 5.91 Å². The van der Waals surface area contributed by atoms with Crippen LogP contribution in [0.1, 0.15) is 5.56 Å². The van der Waals surface area contributed by atoms with Crippen LogP contribution in [-0.4, -0.2) is 67.3 Å². The number of benzene rings is 2. The van der Waals surface area contributed by atoms with E-state index >= 15 is 0 Å². The minimum absolute atomic E-state index is 0.511. The predicted molar refractivity (Wildman–Crippen MR) is 116 cm³/mol. The molecule has 0 atom stereocenters. The molecule has 2 aromatic rings. The van der Waals surface area contributed by atoms with Crippen LogP contribution < -0.4 is 15.0 Å². The molecule has 0 bridgehead atoms. The molecule has 2 N–H and O–H groups in total. The molecule has 1 aliphatic heterocycles. The van der Waals surface area contributed by atoms with E-state index in [1.165, 1.54) is 6.08 Å². The van der Waals surface area contributed by atoms with E-state index in [1.54, 1.807) is 48.0 Å². The van der Waals surface area contributed by atoms with Gasteiger partial charge in [-0.1, -0.05) is 17.7 Å². The molecule has 1 heterocycles. The summed E-state index contributed by atoms with van der Waals surface area (Å²) in [4.78, 5) is 16.0. The van der Waals surface area contributed by atoms with Crippen molar-refractivity contribution in [3.63, 3.8) is 0 Å². The monoisotopic (exact) mass is 431 g/mol. The zero-order chi connectivity index (χ0) is 21.3. The summed E-state index contributed by atoms with van der Waals surface area (Å²) in [6.45, 7) is 5.65. The Morgan fingerprint density at radius 3 is 2.70 bits per heavy atom. The first kappa shape index (κ1) is 22.1. The van der Waals surface area contributed by atoms with Gasteiger partial charge in [0, 0.05) is 55.5 Å². The van der Waals surface area contributed by atoms with Crippen LogP contribution in [0, 0.1) is 0 Å². The molecule has 160 valence electrons. The molecular formula is C22H26ClN3O4. The molecule has 1 fully saturated rings. The Kier molecular flexibility index (Phi) is 8.10. The lowest BCUT2D eigenvalue weighted by molar-refractivity contribution is -0.124. The number of halogens is 1.